The Bertz CT molecular complexity index is 1060. The molecule has 1 aromatic heterocycles. The van der Waals surface area contributed by atoms with E-state index in [1.54, 1.807) is 18.3 Å². The van der Waals surface area contributed by atoms with Gasteiger partial charge in [0.25, 0.3) is 0 Å². The van der Waals surface area contributed by atoms with Crippen LogP contribution in [0.25, 0.3) is 20.8 Å². The number of aryl methyl sites for hydroxylation is 2. The van der Waals surface area contributed by atoms with Gasteiger partial charge >= 0.3 is 0 Å². The summed E-state index contributed by atoms with van der Waals surface area (Å²) in [4.78, 5) is 17.6. The van der Waals surface area contributed by atoms with Gasteiger partial charge in [0.2, 0.25) is 0 Å². The first-order chi connectivity index (χ1) is 13.5. The molecule has 0 bridgehead atoms. The van der Waals surface area contributed by atoms with E-state index in [9.17, 15) is 4.79 Å². The number of fused-ring (bicyclic) bond motifs is 1. The number of thiazole rings is 1. The molecule has 0 radical (unpaired) electrons. The molecule has 2 aromatic carbocycles. The van der Waals surface area contributed by atoms with Crippen LogP contribution in [0, 0.1) is 13.8 Å². The molecule has 0 N–H and O–H groups in total. The Morgan fingerprint density at radius 3 is 2.34 bits per heavy atom. The van der Waals surface area contributed by atoms with E-state index < -0.39 is 11.7 Å². The predicted octanol–water partition coefficient (Wildman–Crippen LogP) is 7.15. The number of ketones is 1. The van der Waals surface area contributed by atoms with Crippen molar-refractivity contribution in [3.63, 3.8) is 0 Å². The van der Waals surface area contributed by atoms with Gasteiger partial charge in [-0.3, -0.25) is 4.79 Å². The topological polar surface area (TPSA) is 39.2 Å². The molecule has 0 unspecified atom stereocenters. The largest absolute Gasteiger partial charge is 0.360 e. The van der Waals surface area contributed by atoms with Crippen molar-refractivity contribution in [2.45, 2.75) is 73.0 Å². The quantitative estimate of drug-likeness (QED) is 0.449. The van der Waals surface area contributed by atoms with Crippen LogP contribution in [-0.4, -0.2) is 16.4 Å². The Kier molecular flexibility index (Phi) is 5.98. The molecule has 0 saturated heterocycles. The lowest BCUT2D eigenvalue weighted by atomic mass is 9.88. The Balaban J connectivity index is 2.27. The first kappa shape index (κ1) is 21.7. The fraction of sp³-hybridized carbons (Fsp3) is 0.440. The normalized spacial score (nSPS) is 13.3. The number of hydrogen-bond acceptors (Lipinski definition) is 4. The van der Waals surface area contributed by atoms with Crippen molar-refractivity contribution in [1.82, 2.24) is 4.98 Å². The summed E-state index contributed by atoms with van der Waals surface area (Å²) in [6.07, 6.45) is -0.568. The summed E-state index contributed by atoms with van der Waals surface area (Å²) >= 11 is 1.71. The van der Waals surface area contributed by atoms with Gasteiger partial charge in [-0.1, -0.05) is 37.6 Å². The smallest absolute Gasteiger partial charge is 0.163 e. The van der Waals surface area contributed by atoms with Crippen LogP contribution in [-0.2, 0) is 9.53 Å². The summed E-state index contributed by atoms with van der Waals surface area (Å²) in [6, 6.07) is 10.5. The van der Waals surface area contributed by atoms with Crippen molar-refractivity contribution in [2.24, 2.45) is 0 Å². The Morgan fingerprint density at radius 1 is 1.10 bits per heavy atom. The Hall–Kier alpha value is -2.04. The Morgan fingerprint density at radius 2 is 1.79 bits per heavy atom. The molecular weight excluding hydrogens is 378 g/mol. The molecule has 0 saturated carbocycles. The van der Waals surface area contributed by atoms with Crippen LogP contribution in [0.2, 0.25) is 0 Å². The fourth-order valence-electron chi connectivity index (χ4n) is 3.76. The average Bonchev–Trinajstić information content (AvgIpc) is 3.01. The van der Waals surface area contributed by atoms with E-state index in [0.717, 1.165) is 31.9 Å². The van der Waals surface area contributed by atoms with Crippen LogP contribution in [0.15, 0.2) is 30.3 Å². The molecule has 0 aliphatic heterocycles. The molecule has 0 aliphatic rings. The van der Waals surface area contributed by atoms with Gasteiger partial charge in [0.15, 0.2) is 5.78 Å². The molecule has 3 rings (SSSR count). The minimum Gasteiger partial charge on any atom is -0.360 e. The van der Waals surface area contributed by atoms with Gasteiger partial charge in [0.05, 0.1) is 15.8 Å². The SMILES string of the molecule is CC(=O)[C@@H](OC(C)(C)C)c1c(C)cc2nc(-c3cccc(C)c3)sc2c1C(C)C. The third kappa shape index (κ3) is 4.59. The van der Waals surface area contributed by atoms with E-state index in [-0.39, 0.29) is 11.7 Å². The van der Waals surface area contributed by atoms with Gasteiger partial charge in [-0.15, -0.1) is 11.3 Å². The zero-order chi connectivity index (χ0) is 21.5. The highest BCUT2D eigenvalue weighted by Crippen LogP contribution is 2.42. The molecule has 0 fully saturated rings. The number of Topliss-reactive ketones (excluding diaryl/α,β-unsaturated/α-hetero) is 1. The van der Waals surface area contributed by atoms with E-state index in [4.69, 9.17) is 9.72 Å². The van der Waals surface area contributed by atoms with Gasteiger partial charge < -0.3 is 4.74 Å². The third-order valence-electron chi connectivity index (χ3n) is 4.91. The highest BCUT2D eigenvalue weighted by molar-refractivity contribution is 7.21. The lowest BCUT2D eigenvalue weighted by molar-refractivity contribution is -0.138. The highest BCUT2D eigenvalue weighted by atomic mass is 32.1. The second kappa shape index (κ2) is 8.00. The van der Waals surface area contributed by atoms with E-state index in [0.29, 0.717) is 0 Å². The molecule has 4 heteroatoms. The number of hydrogen-bond donors (Lipinski definition) is 0. The number of ether oxygens (including phenoxy) is 1. The van der Waals surface area contributed by atoms with Crippen molar-refractivity contribution in [1.29, 1.82) is 0 Å². The first-order valence-electron chi connectivity index (χ1n) is 10.2. The zero-order valence-corrected chi connectivity index (χ0v) is 19.5. The molecule has 154 valence electrons. The number of carbonyl (C=O) groups is 1. The summed E-state index contributed by atoms with van der Waals surface area (Å²) in [5.74, 6) is 0.288. The van der Waals surface area contributed by atoms with Crippen LogP contribution in [0.1, 0.15) is 75.8 Å². The summed E-state index contributed by atoms with van der Waals surface area (Å²) in [6.45, 7) is 16.1. The first-order valence-corrected chi connectivity index (χ1v) is 11.0. The molecule has 0 aliphatic carbocycles. The number of nitrogens with zero attached hydrogens (tertiary/aromatic N) is 1. The van der Waals surface area contributed by atoms with Crippen molar-refractivity contribution >= 4 is 27.3 Å². The molecule has 0 amide bonds. The number of rotatable bonds is 5. The van der Waals surface area contributed by atoms with E-state index in [2.05, 4.69) is 58.0 Å². The number of benzene rings is 2. The fourth-order valence-corrected chi connectivity index (χ4v) is 5.01. The summed E-state index contributed by atoms with van der Waals surface area (Å²) in [5, 5.41) is 1.01. The second-order valence-corrected chi connectivity index (χ2v) is 10.1. The van der Waals surface area contributed by atoms with E-state index >= 15 is 0 Å². The standard InChI is InChI=1S/C25H31NO2S/c1-14(2)20-21(22(17(5)27)28-25(6,7)8)16(4)13-19-23(20)29-24(26-19)18-11-9-10-15(3)12-18/h9-14,22H,1-8H3/t22-/m1/s1. The van der Waals surface area contributed by atoms with Gasteiger partial charge in [-0.25, -0.2) is 4.98 Å². The maximum atomic E-state index is 12.6. The predicted molar refractivity (Wildman–Crippen MR) is 123 cm³/mol. The van der Waals surface area contributed by atoms with Crippen molar-refractivity contribution in [2.75, 3.05) is 0 Å². The maximum absolute atomic E-state index is 12.6. The van der Waals surface area contributed by atoms with Gasteiger partial charge in [-0.2, -0.15) is 0 Å². The molecule has 1 atom stereocenters. The van der Waals surface area contributed by atoms with Crippen LogP contribution in [0.4, 0.5) is 0 Å². The molecule has 3 nitrogen and oxygen atoms in total. The highest BCUT2D eigenvalue weighted by Gasteiger charge is 2.30. The third-order valence-corrected chi connectivity index (χ3v) is 6.06. The summed E-state index contributed by atoms with van der Waals surface area (Å²) in [7, 11) is 0. The van der Waals surface area contributed by atoms with Crippen LogP contribution in [0.3, 0.4) is 0 Å². The lowest BCUT2D eigenvalue weighted by Gasteiger charge is -2.29. The van der Waals surface area contributed by atoms with Gasteiger partial charge in [0.1, 0.15) is 11.1 Å². The number of carbonyl (C=O) groups excluding carboxylic acids is 1. The van der Waals surface area contributed by atoms with Crippen molar-refractivity contribution in [3.05, 3.63) is 52.6 Å². The average molecular weight is 410 g/mol. The maximum Gasteiger partial charge on any atom is 0.163 e. The number of aromatic nitrogens is 1. The molecule has 0 spiro atoms. The summed E-state index contributed by atoms with van der Waals surface area (Å²) < 4.78 is 7.40. The zero-order valence-electron chi connectivity index (χ0n) is 18.7. The summed E-state index contributed by atoms with van der Waals surface area (Å²) in [5.41, 5.74) is 6.19. The van der Waals surface area contributed by atoms with Gasteiger partial charge in [0, 0.05) is 5.56 Å². The van der Waals surface area contributed by atoms with Crippen LogP contribution in [0.5, 0.6) is 0 Å². The monoisotopic (exact) mass is 409 g/mol. The van der Waals surface area contributed by atoms with E-state index in [1.165, 1.54) is 11.1 Å². The molecular formula is C25H31NO2S. The second-order valence-electron chi connectivity index (χ2n) is 9.13. The minimum absolute atomic E-state index is 0.0349. The van der Waals surface area contributed by atoms with Crippen LogP contribution >= 0.6 is 11.3 Å². The van der Waals surface area contributed by atoms with Crippen molar-refractivity contribution < 1.29 is 9.53 Å². The van der Waals surface area contributed by atoms with E-state index in [1.807, 2.05) is 20.8 Å². The minimum atomic E-state index is -0.568. The van der Waals surface area contributed by atoms with Crippen LogP contribution < -0.4 is 0 Å². The molecule has 1 heterocycles. The molecule has 29 heavy (non-hydrogen) atoms. The van der Waals surface area contributed by atoms with Gasteiger partial charge in [-0.05, 0) is 76.3 Å². The lowest BCUT2D eigenvalue weighted by Crippen LogP contribution is -2.27. The Labute approximate surface area is 178 Å². The van der Waals surface area contributed by atoms with Crippen molar-refractivity contribution in [3.8, 4) is 10.6 Å². The molecule has 3 aromatic rings.